The van der Waals surface area contributed by atoms with Gasteiger partial charge in [0.2, 0.25) is 10.0 Å². The van der Waals surface area contributed by atoms with E-state index in [0.29, 0.717) is 5.69 Å². The lowest BCUT2D eigenvalue weighted by Crippen LogP contribution is -2.27. The van der Waals surface area contributed by atoms with Gasteiger partial charge in [0.05, 0.1) is 27.8 Å². The number of hydrogen-bond donors (Lipinski definition) is 2. The molecule has 0 aliphatic heterocycles. The third-order valence-corrected chi connectivity index (χ3v) is 5.91. The van der Waals surface area contributed by atoms with Crippen molar-refractivity contribution >= 4 is 39.1 Å². The van der Waals surface area contributed by atoms with E-state index in [1.165, 1.54) is 12.1 Å². The van der Waals surface area contributed by atoms with Crippen LogP contribution in [0.1, 0.15) is 28.9 Å². The highest BCUT2D eigenvalue weighted by Crippen LogP contribution is 2.30. The lowest BCUT2D eigenvalue weighted by atomic mass is 10.2. The summed E-state index contributed by atoms with van der Waals surface area (Å²) in [5.41, 5.74) is 0.711. The number of hydrogen-bond acceptors (Lipinski definition) is 4. The number of carbonyl (C=O) groups is 1. The largest absolute Gasteiger partial charge is 0.346 e. The minimum atomic E-state index is -3.80. The lowest BCUT2D eigenvalue weighted by Gasteiger charge is -2.12. The Morgan fingerprint density at radius 2 is 1.96 bits per heavy atom. The van der Waals surface area contributed by atoms with Gasteiger partial charge >= 0.3 is 0 Å². The van der Waals surface area contributed by atoms with Crippen molar-refractivity contribution in [2.75, 3.05) is 0 Å². The molecule has 0 unspecified atom stereocenters. The molecule has 1 heterocycles. The zero-order valence-electron chi connectivity index (χ0n) is 13.0. The number of nitrogens with zero attached hydrogens (tertiary/aromatic N) is 1. The van der Waals surface area contributed by atoms with Gasteiger partial charge < -0.3 is 5.32 Å². The number of pyridine rings is 1. The molecule has 3 rings (SSSR count). The number of halogens is 2. The summed E-state index contributed by atoms with van der Waals surface area (Å²) in [6.07, 6.45) is 3.20. The Kier molecular flexibility index (Phi) is 5.29. The first-order chi connectivity index (χ1) is 11.9. The van der Waals surface area contributed by atoms with Crippen LogP contribution < -0.4 is 10.0 Å². The summed E-state index contributed by atoms with van der Waals surface area (Å²) >= 11 is 12.1. The first-order valence-corrected chi connectivity index (χ1v) is 9.80. The van der Waals surface area contributed by atoms with Crippen molar-refractivity contribution in [3.8, 4) is 0 Å². The minimum absolute atomic E-state index is 0.0283. The predicted molar refractivity (Wildman–Crippen MR) is 95.2 cm³/mol. The summed E-state index contributed by atoms with van der Waals surface area (Å²) in [4.78, 5) is 16.3. The summed E-state index contributed by atoms with van der Waals surface area (Å²) in [6, 6.07) is 7.73. The normalized spacial score (nSPS) is 14.3. The average molecular weight is 400 g/mol. The molecule has 2 aromatic rings. The maximum Gasteiger partial charge on any atom is 0.253 e. The first-order valence-electron chi connectivity index (χ1n) is 7.56. The Hall–Kier alpha value is -1.67. The fourth-order valence-electron chi connectivity index (χ4n) is 2.16. The average Bonchev–Trinajstić information content (AvgIpc) is 3.36. The van der Waals surface area contributed by atoms with Crippen LogP contribution in [-0.4, -0.2) is 25.4 Å². The van der Waals surface area contributed by atoms with E-state index in [2.05, 4.69) is 15.0 Å². The van der Waals surface area contributed by atoms with Crippen LogP contribution in [-0.2, 0) is 16.6 Å². The van der Waals surface area contributed by atoms with Gasteiger partial charge in [-0.2, -0.15) is 0 Å². The van der Waals surface area contributed by atoms with Gasteiger partial charge in [-0.15, -0.1) is 0 Å². The van der Waals surface area contributed by atoms with E-state index >= 15 is 0 Å². The van der Waals surface area contributed by atoms with Gasteiger partial charge in [0.1, 0.15) is 4.90 Å². The molecule has 132 valence electrons. The fraction of sp³-hybridized carbons (Fsp3) is 0.250. The van der Waals surface area contributed by atoms with Crippen molar-refractivity contribution in [3.63, 3.8) is 0 Å². The van der Waals surface area contributed by atoms with Crippen molar-refractivity contribution in [1.82, 2.24) is 15.0 Å². The quantitative estimate of drug-likeness (QED) is 0.781. The zero-order valence-corrected chi connectivity index (χ0v) is 15.3. The van der Waals surface area contributed by atoms with E-state index in [-0.39, 0.29) is 33.1 Å². The van der Waals surface area contributed by atoms with E-state index in [0.717, 1.165) is 12.8 Å². The number of nitrogens with one attached hydrogen (secondary N) is 2. The number of carbonyl (C=O) groups excluding carboxylic acids is 1. The van der Waals surface area contributed by atoms with Crippen LogP contribution in [0.5, 0.6) is 0 Å². The maximum atomic E-state index is 12.4. The molecular weight excluding hydrogens is 385 g/mol. The van der Waals surface area contributed by atoms with Crippen LogP contribution in [0.4, 0.5) is 0 Å². The van der Waals surface area contributed by atoms with E-state index < -0.39 is 15.9 Å². The van der Waals surface area contributed by atoms with Gasteiger partial charge in [-0.05, 0) is 37.1 Å². The molecular formula is C16H15Cl2N3O3S. The Morgan fingerprint density at radius 3 is 2.60 bits per heavy atom. The SMILES string of the molecule is O=C(NCc1ccccn1)c1cc(S(=O)(=O)NC2CC2)c(Cl)cc1Cl. The molecule has 0 bridgehead atoms. The Labute approximate surface area is 155 Å². The van der Waals surface area contributed by atoms with Crippen LogP contribution >= 0.6 is 23.2 Å². The lowest BCUT2D eigenvalue weighted by molar-refractivity contribution is 0.0950. The molecule has 25 heavy (non-hydrogen) atoms. The van der Waals surface area contributed by atoms with Crippen LogP contribution in [0.25, 0.3) is 0 Å². The predicted octanol–water partition coefficient (Wildman–Crippen LogP) is 2.76. The number of amides is 1. The smallest absolute Gasteiger partial charge is 0.253 e. The Morgan fingerprint density at radius 1 is 1.20 bits per heavy atom. The Balaban J connectivity index is 1.83. The van der Waals surface area contributed by atoms with Gasteiger partial charge in [0.25, 0.3) is 5.91 Å². The molecule has 1 aromatic carbocycles. The van der Waals surface area contributed by atoms with Crippen molar-refractivity contribution in [1.29, 1.82) is 0 Å². The van der Waals surface area contributed by atoms with E-state index in [9.17, 15) is 13.2 Å². The molecule has 0 atom stereocenters. The van der Waals surface area contributed by atoms with Crippen molar-refractivity contribution in [3.05, 3.63) is 57.8 Å². The van der Waals surface area contributed by atoms with E-state index in [1.807, 2.05) is 0 Å². The molecule has 0 saturated heterocycles. The molecule has 1 aliphatic carbocycles. The topological polar surface area (TPSA) is 88.2 Å². The molecule has 1 aromatic heterocycles. The second-order valence-electron chi connectivity index (χ2n) is 5.66. The number of rotatable bonds is 6. The monoisotopic (exact) mass is 399 g/mol. The molecule has 2 N–H and O–H groups in total. The fourth-order valence-corrected chi connectivity index (χ4v) is 4.33. The molecule has 1 saturated carbocycles. The van der Waals surface area contributed by atoms with Crippen molar-refractivity contribution < 1.29 is 13.2 Å². The third-order valence-electron chi connectivity index (χ3n) is 3.61. The highest BCUT2D eigenvalue weighted by Gasteiger charge is 2.30. The van der Waals surface area contributed by atoms with Crippen LogP contribution in [0.15, 0.2) is 41.4 Å². The molecule has 6 nitrogen and oxygen atoms in total. The first kappa shape index (κ1) is 18.1. The maximum absolute atomic E-state index is 12.4. The van der Waals surface area contributed by atoms with E-state index in [1.54, 1.807) is 24.4 Å². The number of benzene rings is 1. The summed E-state index contributed by atoms with van der Waals surface area (Å²) in [5.74, 6) is -0.504. The zero-order chi connectivity index (χ0) is 18.0. The number of sulfonamides is 1. The Bertz CT molecular complexity index is 900. The molecule has 1 amide bonds. The van der Waals surface area contributed by atoms with Gasteiger partial charge in [0.15, 0.2) is 0 Å². The highest BCUT2D eigenvalue weighted by molar-refractivity contribution is 7.89. The van der Waals surface area contributed by atoms with Crippen LogP contribution in [0.2, 0.25) is 10.0 Å². The molecule has 0 radical (unpaired) electrons. The highest BCUT2D eigenvalue weighted by atomic mass is 35.5. The van der Waals surface area contributed by atoms with Crippen molar-refractivity contribution in [2.45, 2.75) is 30.3 Å². The van der Waals surface area contributed by atoms with Gasteiger partial charge in [-0.3, -0.25) is 9.78 Å². The molecule has 0 spiro atoms. The second kappa shape index (κ2) is 7.29. The van der Waals surface area contributed by atoms with Crippen LogP contribution in [0.3, 0.4) is 0 Å². The second-order valence-corrected chi connectivity index (χ2v) is 8.16. The third kappa shape index (κ3) is 4.49. The summed E-state index contributed by atoms with van der Waals surface area (Å²) in [5, 5.41) is 2.71. The molecule has 1 fully saturated rings. The number of aromatic nitrogens is 1. The van der Waals surface area contributed by atoms with E-state index in [4.69, 9.17) is 23.2 Å². The standard InChI is InChI=1S/C16H15Cl2N3O3S/c17-13-8-14(18)15(25(23,24)21-10-4-5-10)7-12(13)16(22)20-9-11-3-1-2-6-19-11/h1-3,6-8,10,21H,4-5,9H2,(H,20,22). The van der Waals surface area contributed by atoms with Gasteiger partial charge in [-0.25, -0.2) is 13.1 Å². The van der Waals surface area contributed by atoms with Crippen molar-refractivity contribution in [2.24, 2.45) is 0 Å². The molecule has 9 heteroatoms. The van der Waals surface area contributed by atoms with Gasteiger partial charge in [0, 0.05) is 12.2 Å². The van der Waals surface area contributed by atoms with Crippen LogP contribution in [0, 0.1) is 0 Å². The van der Waals surface area contributed by atoms with Gasteiger partial charge in [-0.1, -0.05) is 29.3 Å². The summed E-state index contributed by atoms with van der Waals surface area (Å²) < 4.78 is 27.3. The summed E-state index contributed by atoms with van der Waals surface area (Å²) in [7, 11) is -3.80. The summed E-state index contributed by atoms with van der Waals surface area (Å²) in [6.45, 7) is 0.195. The minimum Gasteiger partial charge on any atom is -0.346 e. The molecule has 1 aliphatic rings.